The summed E-state index contributed by atoms with van der Waals surface area (Å²) in [6.45, 7) is 3.28. The molecule has 1 aromatic carbocycles. The van der Waals surface area contributed by atoms with Gasteiger partial charge in [-0.15, -0.1) is 11.3 Å². The first-order chi connectivity index (χ1) is 10.1. The van der Waals surface area contributed by atoms with Gasteiger partial charge in [-0.2, -0.15) is 0 Å². The fraction of sp³-hybridized carbons (Fsp3) is 0.375. The minimum atomic E-state index is -0.688. The number of thiazole rings is 1. The van der Waals surface area contributed by atoms with Crippen LogP contribution in [0.4, 0.5) is 5.13 Å². The van der Waals surface area contributed by atoms with E-state index in [0.29, 0.717) is 19.4 Å². The minimum absolute atomic E-state index is 0.556. The fourth-order valence-electron chi connectivity index (χ4n) is 2.80. The first-order valence-corrected chi connectivity index (χ1v) is 8.02. The molecule has 0 amide bonds. The van der Waals surface area contributed by atoms with E-state index in [0.717, 1.165) is 22.9 Å². The van der Waals surface area contributed by atoms with E-state index in [-0.39, 0.29) is 0 Å². The number of carboxylic acids is 1. The quantitative estimate of drug-likeness (QED) is 0.939. The lowest BCUT2D eigenvalue weighted by Gasteiger charge is -2.22. The van der Waals surface area contributed by atoms with Crippen molar-refractivity contribution in [1.29, 1.82) is 0 Å². The number of aromatic nitrogens is 1. The molecule has 21 heavy (non-hydrogen) atoms. The fourth-order valence-corrected chi connectivity index (χ4v) is 3.66. The number of nitrogens with zero attached hydrogens (tertiary/aromatic N) is 2. The van der Waals surface area contributed by atoms with Crippen LogP contribution in [0.3, 0.4) is 0 Å². The number of aliphatic carboxylic acids is 1. The molecular formula is C16H18N2O2S. The first-order valence-electron chi connectivity index (χ1n) is 7.14. The van der Waals surface area contributed by atoms with Gasteiger partial charge < -0.3 is 10.0 Å². The third-order valence-electron chi connectivity index (χ3n) is 4.32. The van der Waals surface area contributed by atoms with Crippen LogP contribution in [0.1, 0.15) is 19.8 Å². The summed E-state index contributed by atoms with van der Waals surface area (Å²) in [6.07, 6.45) is 1.36. The van der Waals surface area contributed by atoms with Crippen molar-refractivity contribution in [3.05, 3.63) is 35.7 Å². The summed E-state index contributed by atoms with van der Waals surface area (Å²) < 4.78 is 0. The molecule has 1 N–H and O–H groups in total. The van der Waals surface area contributed by atoms with Gasteiger partial charge in [0.05, 0.1) is 11.1 Å². The molecular weight excluding hydrogens is 284 g/mol. The Balaban J connectivity index is 1.81. The normalized spacial score (nSPS) is 21.7. The molecule has 110 valence electrons. The highest BCUT2D eigenvalue weighted by molar-refractivity contribution is 7.14. The summed E-state index contributed by atoms with van der Waals surface area (Å²) in [5.74, 6) is -0.688. The van der Waals surface area contributed by atoms with Gasteiger partial charge >= 0.3 is 5.97 Å². The summed E-state index contributed by atoms with van der Waals surface area (Å²) in [7, 11) is 0. The highest BCUT2D eigenvalue weighted by Gasteiger charge is 2.44. The molecule has 2 aromatic rings. The SMILES string of the molecule is CCC1(C(=O)O)CCN(c2nc(-c3ccccc3)cs2)C1. The largest absolute Gasteiger partial charge is 0.481 e. The zero-order valence-corrected chi connectivity index (χ0v) is 12.8. The van der Waals surface area contributed by atoms with E-state index in [9.17, 15) is 9.90 Å². The molecule has 1 aliphatic heterocycles. The maximum absolute atomic E-state index is 11.5. The lowest BCUT2D eigenvalue weighted by molar-refractivity contribution is -0.147. The van der Waals surface area contributed by atoms with Gasteiger partial charge in [-0.05, 0) is 12.8 Å². The molecule has 1 fully saturated rings. The van der Waals surface area contributed by atoms with Crippen molar-refractivity contribution in [3.63, 3.8) is 0 Å². The van der Waals surface area contributed by atoms with Crippen LogP contribution in [-0.4, -0.2) is 29.1 Å². The van der Waals surface area contributed by atoms with Gasteiger partial charge in [0.2, 0.25) is 0 Å². The van der Waals surface area contributed by atoms with Crippen LogP contribution >= 0.6 is 11.3 Å². The van der Waals surface area contributed by atoms with Crippen LogP contribution in [0.5, 0.6) is 0 Å². The predicted molar refractivity (Wildman–Crippen MR) is 84.7 cm³/mol. The second-order valence-electron chi connectivity index (χ2n) is 5.49. The molecule has 0 bridgehead atoms. The second-order valence-corrected chi connectivity index (χ2v) is 6.33. The minimum Gasteiger partial charge on any atom is -0.481 e. The van der Waals surface area contributed by atoms with Crippen molar-refractivity contribution < 1.29 is 9.90 Å². The van der Waals surface area contributed by atoms with E-state index in [2.05, 4.69) is 9.88 Å². The van der Waals surface area contributed by atoms with E-state index in [1.807, 2.05) is 42.6 Å². The van der Waals surface area contributed by atoms with E-state index < -0.39 is 11.4 Å². The molecule has 1 saturated heterocycles. The van der Waals surface area contributed by atoms with Crippen molar-refractivity contribution in [1.82, 2.24) is 4.98 Å². The maximum Gasteiger partial charge on any atom is 0.311 e. The lowest BCUT2D eigenvalue weighted by atomic mass is 9.84. The molecule has 2 heterocycles. The molecule has 0 spiro atoms. The predicted octanol–water partition coefficient (Wildman–Crippen LogP) is 3.50. The summed E-state index contributed by atoms with van der Waals surface area (Å²) in [5.41, 5.74) is 1.44. The van der Waals surface area contributed by atoms with Gasteiger partial charge in [0.25, 0.3) is 0 Å². The van der Waals surface area contributed by atoms with Crippen LogP contribution < -0.4 is 4.90 Å². The van der Waals surface area contributed by atoms with E-state index in [4.69, 9.17) is 0 Å². The second kappa shape index (κ2) is 5.48. The third-order valence-corrected chi connectivity index (χ3v) is 5.22. The molecule has 5 heteroatoms. The molecule has 0 saturated carbocycles. The Morgan fingerprint density at radius 1 is 1.43 bits per heavy atom. The van der Waals surface area contributed by atoms with Gasteiger partial charge in [-0.1, -0.05) is 37.3 Å². The number of carboxylic acid groups (broad SMARTS) is 1. The van der Waals surface area contributed by atoms with Gasteiger partial charge in [0.1, 0.15) is 0 Å². The van der Waals surface area contributed by atoms with Crippen molar-refractivity contribution in [2.45, 2.75) is 19.8 Å². The zero-order chi connectivity index (χ0) is 14.9. The summed E-state index contributed by atoms with van der Waals surface area (Å²) in [6, 6.07) is 10.1. The maximum atomic E-state index is 11.5. The molecule has 0 radical (unpaired) electrons. The summed E-state index contributed by atoms with van der Waals surface area (Å²) in [4.78, 5) is 18.3. The van der Waals surface area contributed by atoms with Crippen LogP contribution in [0.2, 0.25) is 0 Å². The molecule has 1 aliphatic rings. The Kier molecular flexibility index (Phi) is 3.68. The van der Waals surface area contributed by atoms with E-state index >= 15 is 0 Å². The molecule has 1 atom stereocenters. The molecule has 4 nitrogen and oxygen atoms in total. The van der Waals surface area contributed by atoms with Gasteiger partial charge in [0.15, 0.2) is 5.13 Å². The Labute approximate surface area is 128 Å². The Hall–Kier alpha value is -1.88. The van der Waals surface area contributed by atoms with Crippen LogP contribution in [-0.2, 0) is 4.79 Å². The number of anilines is 1. The lowest BCUT2D eigenvalue weighted by Crippen LogP contribution is -2.34. The van der Waals surface area contributed by atoms with Gasteiger partial charge in [0, 0.05) is 24.0 Å². The zero-order valence-electron chi connectivity index (χ0n) is 12.0. The Morgan fingerprint density at radius 2 is 2.19 bits per heavy atom. The van der Waals surface area contributed by atoms with E-state index in [1.165, 1.54) is 0 Å². The molecule has 1 unspecified atom stereocenters. The molecule has 3 rings (SSSR count). The topological polar surface area (TPSA) is 53.4 Å². The van der Waals surface area contributed by atoms with Crippen LogP contribution in [0.15, 0.2) is 35.7 Å². The summed E-state index contributed by atoms with van der Waals surface area (Å²) >= 11 is 1.59. The first kappa shape index (κ1) is 14.1. The smallest absolute Gasteiger partial charge is 0.311 e. The Morgan fingerprint density at radius 3 is 2.81 bits per heavy atom. The van der Waals surface area contributed by atoms with Crippen molar-refractivity contribution in [2.24, 2.45) is 5.41 Å². The average Bonchev–Trinajstić information content (AvgIpc) is 3.15. The van der Waals surface area contributed by atoms with E-state index in [1.54, 1.807) is 11.3 Å². The summed E-state index contributed by atoms with van der Waals surface area (Å²) in [5, 5.41) is 12.4. The average molecular weight is 302 g/mol. The monoisotopic (exact) mass is 302 g/mol. The van der Waals surface area contributed by atoms with Crippen molar-refractivity contribution in [3.8, 4) is 11.3 Å². The van der Waals surface area contributed by atoms with Gasteiger partial charge in [-0.25, -0.2) is 4.98 Å². The molecule has 0 aliphatic carbocycles. The molecule has 1 aromatic heterocycles. The number of carbonyl (C=O) groups is 1. The number of hydrogen-bond donors (Lipinski definition) is 1. The number of hydrogen-bond acceptors (Lipinski definition) is 4. The number of rotatable bonds is 4. The van der Waals surface area contributed by atoms with Crippen LogP contribution in [0.25, 0.3) is 11.3 Å². The number of benzene rings is 1. The standard InChI is InChI=1S/C16H18N2O2S/c1-2-16(14(19)20)8-9-18(11-16)15-17-13(10-21-15)12-6-4-3-5-7-12/h3-7,10H,2,8-9,11H2,1H3,(H,19,20). The highest BCUT2D eigenvalue weighted by Crippen LogP contribution is 2.38. The van der Waals surface area contributed by atoms with Gasteiger partial charge in [-0.3, -0.25) is 4.79 Å². The highest BCUT2D eigenvalue weighted by atomic mass is 32.1. The van der Waals surface area contributed by atoms with Crippen molar-refractivity contribution >= 4 is 22.4 Å². The Bertz CT molecular complexity index is 641. The van der Waals surface area contributed by atoms with Crippen molar-refractivity contribution in [2.75, 3.05) is 18.0 Å². The third kappa shape index (κ3) is 2.53. The van der Waals surface area contributed by atoms with Crippen LogP contribution in [0, 0.1) is 5.41 Å².